The molecule has 0 N–H and O–H groups in total. The second-order valence-electron chi connectivity index (χ2n) is 5.00. The van der Waals surface area contributed by atoms with Gasteiger partial charge in [-0.3, -0.25) is 10.1 Å². The summed E-state index contributed by atoms with van der Waals surface area (Å²) in [4.78, 5) is 10.6. The van der Waals surface area contributed by atoms with Crippen LogP contribution >= 0.6 is 0 Å². The predicted molar refractivity (Wildman–Crippen MR) is 51.1 cm³/mol. The number of nitrogens with zero attached hydrogens (tertiary/aromatic N) is 2. The van der Waals surface area contributed by atoms with E-state index in [2.05, 4.69) is 7.05 Å². The third kappa shape index (κ3) is 2.40. The first kappa shape index (κ1) is 10.4. The smallest absolute Gasteiger partial charge is 0.264 e. The molecule has 1 heterocycles. The summed E-state index contributed by atoms with van der Waals surface area (Å²) >= 11 is 0. The molecule has 4 nitrogen and oxygen atoms in total. The summed E-state index contributed by atoms with van der Waals surface area (Å²) in [7, 11) is 2.12. The van der Waals surface area contributed by atoms with Crippen LogP contribution in [0.4, 0.5) is 0 Å². The summed E-state index contributed by atoms with van der Waals surface area (Å²) in [5, 5.41) is 10.7. The van der Waals surface area contributed by atoms with Crippen LogP contribution in [0.5, 0.6) is 0 Å². The van der Waals surface area contributed by atoms with E-state index in [1.165, 1.54) is 12.8 Å². The van der Waals surface area contributed by atoms with Gasteiger partial charge >= 0.3 is 0 Å². The predicted octanol–water partition coefficient (Wildman–Crippen LogP) is 1.28. The van der Waals surface area contributed by atoms with E-state index in [4.69, 9.17) is 0 Å². The lowest BCUT2D eigenvalue weighted by atomic mass is 10.1. The molecule has 0 radical (unpaired) electrons. The third-order valence-electron chi connectivity index (χ3n) is 2.91. The topological polar surface area (TPSA) is 43.1 Å². The molecule has 76 valence electrons. The van der Waals surface area contributed by atoms with Crippen molar-refractivity contribution in [3.63, 3.8) is 0 Å². The molecule has 0 aromatic heterocycles. The molecule has 1 aliphatic heterocycles. The molecule has 0 aromatic rings. The Morgan fingerprint density at radius 2 is 1.85 bits per heavy atom. The maximum absolute atomic E-state index is 10.7. The van der Waals surface area contributed by atoms with Gasteiger partial charge in [0.1, 0.15) is 6.54 Å². The molecule has 1 rings (SSSR count). The van der Waals surface area contributed by atoms with Crippen LogP contribution in [0.3, 0.4) is 0 Å². The fourth-order valence-corrected chi connectivity index (χ4v) is 2.25. The van der Waals surface area contributed by atoms with Crippen molar-refractivity contribution >= 4 is 0 Å². The van der Waals surface area contributed by atoms with E-state index in [-0.39, 0.29) is 4.92 Å². The Kier molecular flexibility index (Phi) is 2.61. The molecule has 0 atom stereocenters. The van der Waals surface area contributed by atoms with Crippen LogP contribution in [0.15, 0.2) is 0 Å². The highest BCUT2D eigenvalue weighted by Crippen LogP contribution is 2.21. The summed E-state index contributed by atoms with van der Waals surface area (Å²) in [5.74, 6) is 0. The van der Waals surface area contributed by atoms with Crippen molar-refractivity contribution in [1.29, 1.82) is 0 Å². The van der Waals surface area contributed by atoms with Gasteiger partial charge in [-0.25, -0.2) is 0 Å². The monoisotopic (exact) mass is 187 g/mol. The first-order valence-electron chi connectivity index (χ1n) is 4.84. The molecule has 1 aliphatic rings. The molecule has 0 spiro atoms. The van der Waals surface area contributed by atoms with E-state index < -0.39 is 5.54 Å². The van der Waals surface area contributed by atoms with Crippen LogP contribution in [0, 0.1) is 10.1 Å². The van der Waals surface area contributed by atoms with Gasteiger partial charge in [0.05, 0.1) is 20.1 Å². The number of quaternary nitrogens is 1. The Hall–Kier alpha value is -0.640. The molecule has 0 saturated carbocycles. The fraction of sp³-hybridized carbons (Fsp3) is 1.00. The van der Waals surface area contributed by atoms with E-state index in [0.29, 0.717) is 6.54 Å². The van der Waals surface area contributed by atoms with E-state index in [9.17, 15) is 10.1 Å². The van der Waals surface area contributed by atoms with Crippen molar-refractivity contribution in [2.75, 3.05) is 26.7 Å². The van der Waals surface area contributed by atoms with Crippen molar-refractivity contribution in [2.24, 2.45) is 0 Å². The number of nitro groups is 1. The fourth-order valence-electron chi connectivity index (χ4n) is 2.25. The van der Waals surface area contributed by atoms with Gasteiger partial charge in [0.15, 0.2) is 0 Å². The van der Waals surface area contributed by atoms with Crippen LogP contribution in [-0.2, 0) is 0 Å². The quantitative estimate of drug-likeness (QED) is 0.379. The van der Waals surface area contributed by atoms with Crippen LogP contribution in [0.1, 0.15) is 26.7 Å². The lowest BCUT2D eigenvalue weighted by Gasteiger charge is -2.32. The number of likely N-dealkylation sites (tertiary alicyclic amines) is 1. The van der Waals surface area contributed by atoms with Crippen molar-refractivity contribution in [1.82, 2.24) is 0 Å². The van der Waals surface area contributed by atoms with Gasteiger partial charge in [0.2, 0.25) is 0 Å². The molecule has 4 heteroatoms. The highest BCUT2D eigenvalue weighted by Gasteiger charge is 2.41. The summed E-state index contributed by atoms with van der Waals surface area (Å²) in [5.41, 5.74) is -0.779. The highest BCUT2D eigenvalue weighted by molar-refractivity contribution is 4.68. The minimum Gasteiger partial charge on any atom is -0.320 e. The average Bonchev–Trinajstić information content (AvgIpc) is 2.34. The van der Waals surface area contributed by atoms with Gasteiger partial charge in [-0.05, 0) is 0 Å². The van der Waals surface area contributed by atoms with Gasteiger partial charge in [0, 0.05) is 31.6 Å². The Labute approximate surface area is 79.3 Å². The van der Waals surface area contributed by atoms with E-state index >= 15 is 0 Å². The Morgan fingerprint density at radius 1 is 1.38 bits per heavy atom. The second-order valence-corrected chi connectivity index (χ2v) is 5.00. The van der Waals surface area contributed by atoms with Crippen molar-refractivity contribution in [2.45, 2.75) is 32.2 Å². The van der Waals surface area contributed by atoms with E-state index in [1.54, 1.807) is 13.8 Å². The molecular formula is C9H19N2O2+. The highest BCUT2D eigenvalue weighted by atomic mass is 16.6. The molecule has 0 aliphatic carbocycles. The maximum Gasteiger partial charge on any atom is 0.264 e. The zero-order chi connectivity index (χ0) is 10.1. The molecule has 0 bridgehead atoms. The van der Waals surface area contributed by atoms with Crippen LogP contribution in [0.25, 0.3) is 0 Å². The van der Waals surface area contributed by atoms with Crippen molar-refractivity contribution in [3.8, 4) is 0 Å². The average molecular weight is 187 g/mol. The third-order valence-corrected chi connectivity index (χ3v) is 2.91. The summed E-state index contributed by atoms with van der Waals surface area (Å²) < 4.78 is 0.869. The lowest BCUT2D eigenvalue weighted by Crippen LogP contribution is -2.53. The van der Waals surface area contributed by atoms with Crippen molar-refractivity contribution in [3.05, 3.63) is 10.1 Å². The zero-order valence-corrected chi connectivity index (χ0v) is 8.75. The maximum atomic E-state index is 10.7. The summed E-state index contributed by atoms with van der Waals surface area (Å²) in [6.45, 7) is 6.28. The largest absolute Gasteiger partial charge is 0.320 e. The SMILES string of the molecule is CC(C)(C[N+]1(C)CCCC1)[N+](=O)[O-]. The molecular weight excluding hydrogens is 168 g/mol. The van der Waals surface area contributed by atoms with Gasteiger partial charge < -0.3 is 4.48 Å². The zero-order valence-electron chi connectivity index (χ0n) is 8.75. The number of rotatable bonds is 3. The second kappa shape index (κ2) is 3.25. The Bertz CT molecular complexity index is 208. The lowest BCUT2D eigenvalue weighted by molar-refractivity contribution is -0.913. The minimum absolute atomic E-state index is 0.158. The van der Waals surface area contributed by atoms with Gasteiger partial charge in [-0.15, -0.1) is 0 Å². The van der Waals surface area contributed by atoms with Crippen LogP contribution < -0.4 is 0 Å². The van der Waals surface area contributed by atoms with Gasteiger partial charge in [-0.1, -0.05) is 0 Å². The number of likely N-dealkylation sites (N-methyl/N-ethyl adjacent to an activating group) is 1. The van der Waals surface area contributed by atoms with Crippen LogP contribution in [0.2, 0.25) is 0 Å². The first-order chi connectivity index (χ1) is 5.86. The molecule has 0 aromatic carbocycles. The Morgan fingerprint density at radius 3 is 2.23 bits per heavy atom. The van der Waals surface area contributed by atoms with Gasteiger partial charge in [0.25, 0.3) is 5.54 Å². The first-order valence-corrected chi connectivity index (χ1v) is 4.84. The van der Waals surface area contributed by atoms with E-state index in [1.807, 2.05) is 0 Å². The van der Waals surface area contributed by atoms with Gasteiger partial charge in [-0.2, -0.15) is 0 Å². The summed E-state index contributed by atoms with van der Waals surface area (Å²) in [6.07, 6.45) is 2.43. The standard InChI is InChI=1S/C9H19N2O2/c1-9(2,10(12)13)8-11(3)6-4-5-7-11/h4-8H2,1-3H3/q+1. The van der Waals surface area contributed by atoms with Crippen LogP contribution in [-0.4, -0.2) is 41.6 Å². The number of hydrogen-bond acceptors (Lipinski definition) is 2. The molecule has 0 amide bonds. The van der Waals surface area contributed by atoms with E-state index in [0.717, 1.165) is 17.6 Å². The number of hydrogen-bond donors (Lipinski definition) is 0. The molecule has 13 heavy (non-hydrogen) atoms. The molecule has 1 saturated heterocycles. The normalized spacial score (nSPS) is 21.8. The molecule has 1 fully saturated rings. The minimum atomic E-state index is -0.779. The summed E-state index contributed by atoms with van der Waals surface area (Å²) in [6, 6.07) is 0. The Balaban J connectivity index is 2.61. The van der Waals surface area contributed by atoms with Crippen molar-refractivity contribution < 1.29 is 9.41 Å². The molecule has 0 unspecified atom stereocenters.